The molecule has 26 heavy (non-hydrogen) atoms. The van der Waals surface area contributed by atoms with Crippen LogP contribution >= 0.6 is 11.6 Å². The van der Waals surface area contributed by atoms with Gasteiger partial charge in [0, 0.05) is 34.1 Å². The van der Waals surface area contributed by atoms with Gasteiger partial charge >= 0.3 is 0 Å². The first-order valence-electron chi connectivity index (χ1n) is 8.44. The van der Waals surface area contributed by atoms with Crippen LogP contribution in [0.3, 0.4) is 0 Å². The maximum Gasteiger partial charge on any atom is 0.268 e. The molecule has 0 aliphatic carbocycles. The summed E-state index contributed by atoms with van der Waals surface area (Å²) in [7, 11) is 1.87. The van der Waals surface area contributed by atoms with Crippen LogP contribution in [0.1, 0.15) is 34.7 Å². The van der Waals surface area contributed by atoms with Crippen molar-refractivity contribution in [3.63, 3.8) is 0 Å². The topological polar surface area (TPSA) is 62.7 Å². The molecule has 0 saturated heterocycles. The molecule has 2 heterocycles. The Kier molecular flexibility index (Phi) is 3.96. The fourth-order valence-corrected chi connectivity index (χ4v) is 3.47. The summed E-state index contributed by atoms with van der Waals surface area (Å²) >= 11 is 6.07. The Morgan fingerprint density at radius 2 is 2.04 bits per heavy atom. The van der Waals surface area contributed by atoms with Gasteiger partial charge < -0.3 is 9.88 Å². The number of carbonyl (C=O) groups excluding carboxylic acids is 1. The Morgan fingerprint density at radius 1 is 1.23 bits per heavy atom. The fraction of sp³-hybridized carbons (Fsp3) is 0.200. The molecular formula is C20H19ClN4O. The first-order chi connectivity index (χ1) is 12.4. The van der Waals surface area contributed by atoms with Gasteiger partial charge in [-0.3, -0.25) is 9.89 Å². The standard InChI is InChI=1S/C20H19ClN4O/c1-11(13-5-7-16-12(2)23-24-17(16)8-13)22-20(26)19-9-14-4-6-15(21)10-18(14)25(19)3/h4-11H,1-3H3,(H,22,26)(H,23,24). The van der Waals surface area contributed by atoms with Crippen LogP contribution in [0, 0.1) is 6.92 Å². The average Bonchev–Trinajstić information content (AvgIpc) is 3.15. The summed E-state index contributed by atoms with van der Waals surface area (Å²) in [5.74, 6) is -0.120. The van der Waals surface area contributed by atoms with Crippen LogP contribution in [0.4, 0.5) is 0 Å². The number of H-pyrrole nitrogens is 1. The van der Waals surface area contributed by atoms with E-state index in [4.69, 9.17) is 11.6 Å². The quantitative estimate of drug-likeness (QED) is 0.560. The number of rotatable bonds is 3. The summed E-state index contributed by atoms with van der Waals surface area (Å²) in [5.41, 5.74) is 4.49. The highest BCUT2D eigenvalue weighted by molar-refractivity contribution is 6.31. The maximum atomic E-state index is 12.8. The van der Waals surface area contributed by atoms with Gasteiger partial charge in [-0.2, -0.15) is 5.10 Å². The van der Waals surface area contributed by atoms with Crippen molar-refractivity contribution in [2.24, 2.45) is 7.05 Å². The van der Waals surface area contributed by atoms with Crippen LogP contribution < -0.4 is 5.32 Å². The van der Waals surface area contributed by atoms with Crippen molar-refractivity contribution < 1.29 is 4.79 Å². The van der Waals surface area contributed by atoms with Crippen LogP contribution in [0.5, 0.6) is 0 Å². The molecule has 1 unspecified atom stereocenters. The number of amides is 1. The third-order valence-corrected chi connectivity index (χ3v) is 5.09. The molecule has 1 atom stereocenters. The number of fused-ring (bicyclic) bond motifs is 2. The molecule has 132 valence electrons. The van der Waals surface area contributed by atoms with E-state index in [1.165, 1.54) is 0 Å². The van der Waals surface area contributed by atoms with Gasteiger partial charge in [0.2, 0.25) is 0 Å². The number of hydrogen-bond acceptors (Lipinski definition) is 2. The van der Waals surface area contributed by atoms with Gasteiger partial charge in [0.05, 0.1) is 11.6 Å². The normalized spacial score (nSPS) is 12.6. The highest BCUT2D eigenvalue weighted by Gasteiger charge is 2.17. The van der Waals surface area contributed by atoms with E-state index in [1.54, 1.807) is 0 Å². The van der Waals surface area contributed by atoms with Crippen molar-refractivity contribution in [2.45, 2.75) is 19.9 Å². The molecule has 0 aliphatic rings. The molecule has 0 saturated carbocycles. The predicted molar refractivity (Wildman–Crippen MR) is 105 cm³/mol. The van der Waals surface area contributed by atoms with Gasteiger partial charge in [-0.1, -0.05) is 29.8 Å². The molecule has 4 aromatic rings. The number of aryl methyl sites for hydroxylation is 2. The summed E-state index contributed by atoms with van der Waals surface area (Å²) in [4.78, 5) is 12.8. The highest BCUT2D eigenvalue weighted by atomic mass is 35.5. The average molecular weight is 367 g/mol. The first-order valence-corrected chi connectivity index (χ1v) is 8.82. The van der Waals surface area contributed by atoms with Crippen LogP contribution in [0.25, 0.3) is 21.8 Å². The van der Waals surface area contributed by atoms with Gasteiger partial charge in [-0.25, -0.2) is 0 Å². The molecule has 2 aromatic heterocycles. The Hall–Kier alpha value is -2.79. The molecule has 0 bridgehead atoms. The maximum absolute atomic E-state index is 12.8. The molecule has 0 fully saturated rings. The van der Waals surface area contributed by atoms with E-state index in [0.717, 1.165) is 33.1 Å². The van der Waals surface area contributed by atoms with E-state index >= 15 is 0 Å². The lowest BCUT2D eigenvalue weighted by molar-refractivity contribution is 0.0932. The van der Waals surface area contributed by atoms with E-state index in [1.807, 2.05) is 67.9 Å². The largest absolute Gasteiger partial charge is 0.344 e. The molecule has 4 rings (SSSR count). The minimum atomic E-state index is -0.134. The van der Waals surface area contributed by atoms with E-state index in [-0.39, 0.29) is 11.9 Å². The third-order valence-electron chi connectivity index (χ3n) is 4.86. The second kappa shape index (κ2) is 6.18. The molecule has 2 N–H and O–H groups in total. The van der Waals surface area contributed by atoms with Gasteiger partial charge in [0.25, 0.3) is 5.91 Å². The van der Waals surface area contributed by atoms with Crippen LogP contribution in [-0.4, -0.2) is 20.7 Å². The SMILES string of the molecule is Cc1[nH]nc2cc(C(C)NC(=O)c3cc4ccc(Cl)cc4n3C)ccc12. The van der Waals surface area contributed by atoms with E-state index < -0.39 is 0 Å². The van der Waals surface area contributed by atoms with Crippen molar-refractivity contribution in [3.05, 3.63) is 64.4 Å². The minimum Gasteiger partial charge on any atom is -0.344 e. The Bertz CT molecular complexity index is 1140. The summed E-state index contributed by atoms with van der Waals surface area (Å²) in [6.45, 7) is 3.96. The van der Waals surface area contributed by atoms with Crippen molar-refractivity contribution >= 4 is 39.3 Å². The zero-order valence-electron chi connectivity index (χ0n) is 14.8. The van der Waals surface area contributed by atoms with E-state index in [9.17, 15) is 4.79 Å². The van der Waals surface area contributed by atoms with Crippen molar-refractivity contribution in [2.75, 3.05) is 0 Å². The summed E-state index contributed by atoms with van der Waals surface area (Å²) < 4.78 is 1.86. The summed E-state index contributed by atoms with van der Waals surface area (Å²) in [6.07, 6.45) is 0. The summed E-state index contributed by atoms with van der Waals surface area (Å²) in [5, 5.41) is 13.1. The number of hydrogen-bond donors (Lipinski definition) is 2. The number of halogens is 1. The molecule has 0 spiro atoms. The van der Waals surface area contributed by atoms with Gasteiger partial charge in [-0.05, 0) is 43.7 Å². The predicted octanol–water partition coefficient (Wildman–Crippen LogP) is 4.51. The first kappa shape index (κ1) is 16.7. The Morgan fingerprint density at radius 3 is 2.85 bits per heavy atom. The van der Waals surface area contributed by atoms with Crippen molar-refractivity contribution in [1.29, 1.82) is 0 Å². The number of aromatic amines is 1. The molecule has 0 aliphatic heterocycles. The van der Waals surface area contributed by atoms with Crippen LogP contribution in [-0.2, 0) is 7.05 Å². The van der Waals surface area contributed by atoms with Crippen LogP contribution in [0.15, 0.2) is 42.5 Å². The monoisotopic (exact) mass is 366 g/mol. The second-order valence-corrected chi connectivity index (χ2v) is 7.05. The minimum absolute atomic E-state index is 0.120. The molecule has 2 aromatic carbocycles. The highest BCUT2D eigenvalue weighted by Crippen LogP contribution is 2.24. The molecule has 1 amide bonds. The Balaban J connectivity index is 1.61. The lowest BCUT2D eigenvalue weighted by Gasteiger charge is -2.15. The number of carbonyl (C=O) groups is 1. The zero-order valence-corrected chi connectivity index (χ0v) is 15.6. The number of benzene rings is 2. The smallest absolute Gasteiger partial charge is 0.268 e. The van der Waals surface area contributed by atoms with Crippen LogP contribution in [0.2, 0.25) is 5.02 Å². The second-order valence-electron chi connectivity index (χ2n) is 6.61. The van der Waals surface area contributed by atoms with E-state index in [0.29, 0.717) is 10.7 Å². The fourth-order valence-electron chi connectivity index (χ4n) is 3.31. The number of nitrogens with one attached hydrogen (secondary N) is 2. The Labute approximate surface area is 156 Å². The third kappa shape index (κ3) is 2.74. The number of nitrogens with zero attached hydrogens (tertiary/aromatic N) is 2. The number of aromatic nitrogens is 3. The molecule has 6 heteroatoms. The van der Waals surface area contributed by atoms with Gasteiger partial charge in [0.1, 0.15) is 5.69 Å². The van der Waals surface area contributed by atoms with Gasteiger partial charge in [0.15, 0.2) is 0 Å². The van der Waals surface area contributed by atoms with Crippen molar-refractivity contribution in [3.8, 4) is 0 Å². The molecular weight excluding hydrogens is 348 g/mol. The molecule has 5 nitrogen and oxygen atoms in total. The lowest BCUT2D eigenvalue weighted by atomic mass is 10.1. The summed E-state index contributed by atoms with van der Waals surface area (Å²) in [6, 6.07) is 13.4. The van der Waals surface area contributed by atoms with Crippen molar-refractivity contribution in [1.82, 2.24) is 20.1 Å². The lowest BCUT2D eigenvalue weighted by Crippen LogP contribution is -2.28. The van der Waals surface area contributed by atoms with Gasteiger partial charge in [-0.15, -0.1) is 0 Å². The zero-order chi connectivity index (χ0) is 18.4. The van der Waals surface area contributed by atoms with E-state index in [2.05, 4.69) is 15.5 Å². The molecule has 0 radical (unpaired) electrons.